The van der Waals surface area contributed by atoms with Crippen molar-refractivity contribution < 1.29 is 0 Å². The average molecular weight is 244 g/mol. The van der Waals surface area contributed by atoms with Crippen LogP contribution in [0.2, 0.25) is 0 Å². The number of pyridine rings is 2. The Kier molecular flexibility index (Phi) is 3.20. The first kappa shape index (κ1) is 11.4. The van der Waals surface area contributed by atoms with Crippen LogP contribution in [0.4, 0.5) is 0 Å². The molecule has 1 aliphatic carbocycles. The van der Waals surface area contributed by atoms with Crippen molar-refractivity contribution in [1.29, 1.82) is 0 Å². The van der Waals surface area contributed by atoms with Crippen LogP contribution in [0.3, 0.4) is 0 Å². The van der Waals surface area contributed by atoms with E-state index in [1.165, 1.54) is 0 Å². The molecule has 0 fully saturated rings. The van der Waals surface area contributed by atoms with Crippen molar-refractivity contribution in [3.8, 4) is 23.2 Å². The van der Waals surface area contributed by atoms with Crippen molar-refractivity contribution in [3.63, 3.8) is 0 Å². The van der Waals surface area contributed by atoms with E-state index in [4.69, 9.17) is 0 Å². The van der Waals surface area contributed by atoms with Crippen LogP contribution in [0.15, 0.2) is 67.0 Å². The fourth-order valence-electron chi connectivity index (χ4n) is 1.83. The van der Waals surface area contributed by atoms with Crippen molar-refractivity contribution in [2.24, 2.45) is 5.92 Å². The van der Waals surface area contributed by atoms with Crippen LogP contribution >= 0.6 is 0 Å². The van der Waals surface area contributed by atoms with Gasteiger partial charge in [0, 0.05) is 18.0 Å². The largest absolute Gasteiger partial charge is 0.255 e. The molecular weight excluding hydrogens is 232 g/mol. The van der Waals surface area contributed by atoms with E-state index in [0.717, 1.165) is 17.0 Å². The minimum atomic E-state index is 0.232. The van der Waals surface area contributed by atoms with Crippen LogP contribution in [0.5, 0.6) is 0 Å². The van der Waals surface area contributed by atoms with Gasteiger partial charge in [0.2, 0.25) is 0 Å². The third kappa shape index (κ3) is 2.78. The second-order valence-corrected chi connectivity index (χ2v) is 4.21. The molecular formula is C17H12N2. The molecule has 90 valence electrons. The lowest BCUT2D eigenvalue weighted by molar-refractivity contribution is 1.14. The van der Waals surface area contributed by atoms with Crippen LogP contribution in [0.1, 0.15) is 5.56 Å². The Labute approximate surface area is 112 Å². The Hall–Kier alpha value is -2.66. The Bertz CT molecular complexity index is 659. The molecule has 0 radical (unpaired) electrons. The zero-order chi connectivity index (χ0) is 12.9. The smallest absolute Gasteiger partial charge is 0.0887 e. The molecule has 0 aliphatic heterocycles. The molecule has 0 amide bonds. The maximum Gasteiger partial charge on any atom is 0.0887 e. The number of hydrogen-bond donors (Lipinski definition) is 0. The van der Waals surface area contributed by atoms with Crippen LogP contribution in [-0.4, -0.2) is 9.97 Å². The Morgan fingerprint density at radius 3 is 2.42 bits per heavy atom. The molecule has 0 unspecified atom stereocenters. The number of allylic oxidation sites excluding steroid dienone is 4. The predicted octanol–water partition coefficient (Wildman–Crippen LogP) is 3.24. The fraction of sp³-hybridized carbons (Fsp3) is 0.0588. The van der Waals surface area contributed by atoms with Gasteiger partial charge in [-0.05, 0) is 24.3 Å². The number of rotatable bonds is 1. The summed E-state index contributed by atoms with van der Waals surface area (Å²) in [6.45, 7) is 0. The standard InChI is InChI=1S/C17H12N2/c1-2-6-14(5-1)8-9-15-10-11-17(19-13-15)16-7-3-4-12-18-16/h1-7,10-14H. The summed E-state index contributed by atoms with van der Waals surface area (Å²) in [5, 5.41) is 0. The van der Waals surface area contributed by atoms with Gasteiger partial charge >= 0.3 is 0 Å². The fourth-order valence-corrected chi connectivity index (χ4v) is 1.83. The third-order valence-corrected chi connectivity index (χ3v) is 2.82. The van der Waals surface area contributed by atoms with Gasteiger partial charge in [0.15, 0.2) is 0 Å². The Balaban J connectivity index is 1.79. The molecule has 0 atom stereocenters. The number of aromatic nitrogens is 2. The van der Waals surface area contributed by atoms with Gasteiger partial charge in [-0.15, -0.1) is 0 Å². The molecule has 1 aliphatic rings. The van der Waals surface area contributed by atoms with Crippen LogP contribution in [-0.2, 0) is 0 Å². The van der Waals surface area contributed by atoms with E-state index in [2.05, 4.69) is 34.0 Å². The van der Waals surface area contributed by atoms with Crippen molar-refractivity contribution in [1.82, 2.24) is 9.97 Å². The molecule has 2 heteroatoms. The lowest BCUT2D eigenvalue weighted by Crippen LogP contribution is -1.87. The lowest BCUT2D eigenvalue weighted by Gasteiger charge is -1.99. The first-order chi connectivity index (χ1) is 9.42. The summed E-state index contributed by atoms with van der Waals surface area (Å²) < 4.78 is 0. The van der Waals surface area contributed by atoms with E-state index < -0.39 is 0 Å². The number of hydrogen-bond acceptors (Lipinski definition) is 2. The van der Waals surface area contributed by atoms with E-state index >= 15 is 0 Å². The highest BCUT2D eigenvalue weighted by Gasteiger charge is 2.00. The Morgan fingerprint density at radius 1 is 0.895 bits per heavy atom. The van der Waals surface area contributed by atoms with E-state index in [1.54, 1.807) is 12.4 Å². The molecule has 0 N–H and O–H groups in total. The summed E-state index contributed by atoms with van der Waals surface area (Å²) in [4.78, 5) is 8.66. The molecule has 0 spiro atoms. The minimum absolute atomic E-state index is 0.232. The Morgan fingerprint density at radius 2 is 1.74 bits per heavy atom. The highest BCUT2D eigenvalue weighted by molar-refractivity contribution is 5.54. The van der Waals surface area contributed by atoms with Gasteiger partial charge in [0.05, 0.1) is 17.3 Å². The van der Waals surface area contributed by atoms with Gasteiger partial charge in [-0.2, -0.15) is 0 Å². The van der Waals surface area contributed by atoms with Crippen LogP contribution in [0, 0.1) is 17.8 Å². The number of nitrogens with zero attached hydrogens (tertiary/aromatic N) is 2. The first-order valence-electron chi connectivity index (χ1n) is 6.16. The zero-order valence-electron chi connectivity index (χ0n) is 10.3. The predicted molar refractivity (Wildman–Crippen MR) is 76.1 cm³/mol. The highest BCUT2D eigenvalue weighted by atomic mass is 14.8. The molecule has 2 aromatic heterocycles. The summed E-state index contributed by atoms with van der Waals surface area (Å²) in [7, 11) is 0. The first-order valence-corrected chi connectivity index (χ1v) is 6.16. The van der Waals surface area contributed by atoms with Gasteiger partial charge in [-0.1, -0.05) is 42.2 Å². The second-order valence-electron chi connectivity index (χ2n) is 4.21. The topological polar surface area (TPSA) is 25.8 Å². The van der Waals surface area contributed by atoms with Crippen LogP contribution in [0.25, 0.3) is 11.4 Å². The lowest BCUT2D eigenvalue weighted by atomic mass is 10.1. The van der Waals surface area contributed by atoms with Gasteiger partial charge in [0.1, 0.15) is 0 Å². The molecule has 19 heavy (non-hydrogen) atoms. The van der Waals surface area contributed by atoms with E-state index in [1.807, 2.05) is 42.5 Å². The van der Waals surface area contributed by atoms with Crippen molar-refractivity contribution in [3.05, 3.63) is 72.6 Å². The van der Waals surface area contributed by atoms with E-state index in [9.17, 15) is 0 Å². The third-order valence-electron chi connectivity index (χ3n) is 2.82. The molecule has 0 saturated heterocycles. The van der Waals surface area contributed by atoms with Gasteiger partial charge in [-0.25, -0.2) is 0 Å². The van der Waals surface area contributed by atoms with Crippen LogP contribution < -0.4 is 0 Å². The monoisotopic (exact) mass is 244 g/mol. The summed E-state index contributed by atoms with van der Waals surface area (Å²) >= 11 is 0. The normalized spacial score (nSPS) is 13.3. The molecule has 0 aromatic carbocycles. The molecule has 2 aromatic rings. The zero-order valence-corrected chi connectivity index (χ0v) is 10.3. The molecule has 0 bridgehead atoms. The molecule has 0 saturated carbocycles. The van der Waals surface area contributed by atoms with Crippen molar-refractivity contribution in [2.45, 2.75) is 0 Å². The quantitative estimate of drug-likeness (QED) is 0.720. The summed E-state index contributed by atoms with van der Waals surface area (Å²) in [5.41, 5.74) is 2.67. The molecule has 2 nitrogen and oxygen atoms in total. The summed E-state index contributed by atoms with van der Waals surface area (Å²) in [6.07, 6.45) is 11.7. The average Bonchev–Trinajstić information content (AvgIpc) is 3.00. The van der Waals surface area contributed by atoms with E-state index in [0.29, 0.717) is 0 Å². The molecule has 3 rings (SSSR count). The van der Waals surface area contributed by atoms with Gasteiger partial charge < -0.3 is 0 Å². The van der Waals surface area contributed by atoms with Gasteiger partial charge in [-0.3, -0.25) is 9.97 Å². The maximum absolute atomic E-state index is 4.39. The van der Waals surface area contributed by atoms with Gasteiger partial charge in [0.25, 0.3) is 0 Å². The molecule has 2 heterocycles. The highest BCUT2D eigenvalue weighted by Crippen LogP contribution is 2.13. The second kappa shape index (κ2) is 5.32. The SMILES string of the molecule is C(#CC1C=CC=C1)c1ccc(-c2ccccn2)nc1. The van der Waals surface area contributed by atoms with Crippen molar-refractivity contribution >= 4 is 0 Å². The van der Waals surface area contributed by atoms with E-state index in [-0.39, 0.29) is 5.92 Å². The van der Waals surface area contributed by atoms with Crippen molar-refractivity contribution in [2.75, 3.05) is 0 Å². The minimum Gasteiger partial charge on any atom is -0.255 e. The maximum atomic E-state index is 4.39. The summed E-state index contributed by atoms with van der Waals surface area (Å²) in [6, 6.07) is 9.73. The summed E-state index contributed by atoms with van der Waals surface area (Å²) in [5.74, 6) is 6.54.